The van der Waals surface area contributed by atoms with Gasteiger partial charge in [0.15, 0.2) is 0 Å². The molecule has 0 radical (unpaired) electrons. The molecule has 4 aromatic rings. The van der Waals surface area contributed by atoms with Crippen LogP contribution < -0.4 is 0 Å². The minimum Gasteiger partial charge on any atom is -0.305 e. The molecule has 0 aromatic heterocycles. The van der Waals surface area contributed by atoms with E-state index in [-0.39, 0.29) is 0 Å². The molecular weight excluding hydrogens is 338 g/mol. The third kappa shape index (κ3) is 5.40. The van der Waals surface area contributed by atoms with Crippen molar-refractivity contribution in [2.75, 3.05) is 0 Å². The van der Waals surface area contributed by atoms with Crippen molar-refractivity contribution in [3.05, 3.63) is 120 Å². The molecule has 0 saturated carbocycles. The van der Waals surface area contributed by atoms with Crippen molar-refractivity contribution in [1.82, 2.24) is 0 Å². The van der Waals surface area contributed by atoms with Gasteiger partial charge in [-0.2, -0.15) is 0 Å². The Balaban J connectivity index is 0.000000271. The lowest BCUT2D eigenvalue weighted by molar-refractivity contribution is 0.802. The van der Waals surface area contributed by atoms with Gasteiger partial charge in [0.1, 0.15) is 0 Å². The van der Waals surface area contributed by atoms with Crippen LogP contribution in [0.2, 0.25) is 0 Å². The monoisotopic (exact) mass is 365 g/mol. The molecule has 0 fully saturated rings. The van der Waals surface area contributed by atoms with Gasteiger partial charge in [-0.3, -0.25) is 0 Å². The van der Waals surface area contributed by atoms with E-state index in [1.165, 1.54) is 21.9 Å². The van der Waals surface area contributed by atoms with Crippen molar-refractivity contribution in [3.8, 4) is 0 Å². The Morgan fingerprint density at radius 2 is 1.29 bits per heavy atom. The maximum Gasteiger partial charge on any atom is 0.0392 e. The first-order valence-electron chi connectivity index (χ1n) is 9.76. The van der Waals surface area contributed by atoms with Crippen molar-refractivity contribution in [1.29, 1.82) is 5.41 Å². The highest BCUT2D eigenvalue weighted by atomic mass is 14.4. The SMILES string of the molecule is CC(CC(=N)c1ccc2ccccc2c1)c1ccccc1.Cc1ccccc1. The van der Waals surface area contributed by atoms with E-state index in [0.29, 0.717) is 11.6 Å². The molecule has 0 saturated heterocycles. The summed E-state index contributed by atoms with van der Waals surface area (Å²) in [5.74, 6) is 0.366. The van der Waals surface area contributed by atoms with Gasteiger partial charge in [0, 0.05) is 5.71 Å². The van der Waals surface area contributed by atoms with Crippen LogP contribution in [0, 0.1) is 12.3 Å². The van der Waals surface area contributed by atoms with Crippen LogP contribution in [-0.4, -0.2) is 5.71 Å². The lowest BCUT2D eigenvalue weighted by atomic mass is 9.92. The predicted octanol–water partition coefficient (Wildman–Crippen LogP) is 7.40. The van der Waals surface area contributed by atoms with Crippen LogP contribution in [0.5, 0.6) is 0 Å². The van der Waals surface area contributed by atoms with E-state index in [1.807, 2.05) is 36.4 Å². The first-order chi connectivity index (χ1) is 13.6. The molecule has 1 N–H and O–H groups in total. The lowest BCUT2D eigenvalue weighted by Gasteiger charge is -2.13. The summed E-state index contributed by atoms with van der Waals surface area (Å²) in [5, 5.41) is 10.8. The van der Waals surface area contributed by atoms with Crippen LogP contribution >= 0.6 is 0 Å². The summed E-state index contributed by atoms with van der Waals surface area (Å²) in [4.78, 5) is 0. The van der Waals surface area contributed by atoms with Crippen molar-refractivity contribution in [2.45, 2.75) is 26.2 Å². The molecule has 4 rings (SSSR count). The van der Waals surface area contributed by atoms with Crippen LogP contribution in [0.15, 0.2) is 103 Å². The molecule has 0 heterocycles. The van der Waals surface area contributed by atoms with E-state index in [0.717, 1.165) is 12.0 Å². The van der Waals surface area contributed by atoms with Gasteiger partial charge in [0.2, 0.25) is 0 Å². The zero-order valence-electron chi connectivity index (χ0n) is 16.6. The fourth-order valence-electron chi connectivity index (χ4n) is 3.23. The van der Waals surface area contributed by atoms with Crippen molar-refractivity contribution in [2.24, 2.45) is 0 Å². The smallest absolute Gasteiger partial charge is 0.0392 e. The van der Waals surface area contributed by atoms with Crippen LogP contribution in [0.1, 0.15) is 36.0 Å². The van der Waals surface area contributed by atoms with E-state index in [2.05, 4.69) is 80.6 Å². The highest BCUT2D eigenvalue weighted by Gasteiger charge is 2.10. The number of aryl methyl sites for hydroxylation is 1. The highest BCUT2D eigenvalue weighted by molar-refractivity contribution is 6.01. The molecule has 0 aliphatic rings. The number of hydrogen-bond acceptors (Lipinski definition) is 1. The van der Waals surface area contributed by atoms with Crippen molar-refractivity contribution in [3.63, 3.8) is 0 Å². The van der Waals surface area contributed by atoms with Gasteiger partial charge in [-0.25, -0.2) is 0 Å². The first kappa shape index (κ1) is 19.6. The topological polar surface area (TPSA) is 23.9 Å². The van der Waals surface area contributed by atoms with Crippen molar-refractivity contribution < 1.29 is 0 Å². The predicted molar refractivity (Wildman–Crippen MR) is 121 cm³/mol. The van der Waals surface area contributed by atoms with Gasteiger partial charge in [-0.1, -0.05) is 110 Å². The number of fused-ring (bicyclic) bond motifs is 1. The summed E-state index contributed by atoms with van der Waals surface area (Å²) in [6, 6.07) is 35.3. The van der Waals surface area contributed by atoms with Crippen LogP contribution in [0.3, 0.4) is 0 Å². The number of hydrogen-bond donors (Lipinski definition) is 1. The average Bonchev–Trinajstić information content (AvgIpc) is 2.75. The van der Waals surface area contributed by atoms with Gasteiger partial charge in [-0.05, 0) is 47.2 Å². The molecule has 1 heteroatoms. The third-order valence-corrected chi connectivity index (χ3v) is 4.92. The fraction of sp³-hybridized carbons (Fsp3) is 0.148. The Hall–Kier alpha value is -3.19. The maximum absolute atomic E-state index is 8.38. The Labute approximate surface area is 168 Å². The quantitative estimate of drug-likeness (QED) is 0.364. The van der Waals surface area contributed by atoms with Gasteiger partial charge < -0.3 is 5.41 Å². The lowest BCUT2D eigenvalue weighted by Crippen LogP contribution is -2.05. The molecule has 140 valence electrons. The molecule has 0 bridgehead atoms. The van der Waals surface area contributed by atoms with Gasteiger partial charge in [-0.15, -0.1) is 0 Å². The molecule has 4 aromatic carbocycles. The largest absolute Gasteiger partial charge is 0.305 e. The summed E-state index contributed by atoms with van der Waals surface area (Å²) in [7, 11) is 0. The minimum absolute atomic E-state index is 0.366. The highest BCUT2D eigenvalue weighted by Crippen LogP contribution is 2.22. The minimum atomic E-state index is 0.366. The molecule has 1 nitrogen and oxygen atoms in total. The number of benzene rings is 4. The Bertz CT molecular complexity index is 1020. The van der Waals surface area contributed by atoms with E-state index in [4.69, 9.17) is 5.41 Å². The second-order valence-corrected chi connectivity index (χ2v) is 7.21. The third-order valence-electron chi connectivity index (χ3n) is 4.92. The molecule has 0 aliphatic heterocycles. The fourth-order valence-corrected chi connectivity index (χ4v) is 3.23. The number of rotatable bonds is 4. The molecule has 0 spiro atoms. The van der Waals surface area contributed by atoms with Crippen LogP contribution in [0.4, 0.5) is 0 Å². The van der Waals surface area contributed by atoms with Gasteiger partial charge in [0.05, 0.1) is 0 Å². The van der Waals surface area contributed by atoms with Gasteiger partial charge in [0.25, 0.3) is 0 Å². The summed E-state index contributed by atoms with van der Waals surface area (Å²) in [6.45, 7) is 4.27. The number of nitrogens with one attached hydrogen (secondary N) is 1. The zero-order chi connectivity index (χ0) is 19.8. The second kappa shape index (κ2) is 9.66. The Morgan fingerprint density at radius 3 is 1.89 bits per heavy atom. The summed E-state index contributed by atoms with van der Waals surface area (Å²) in [6.07, 6.45) is 0.766. The van der Waals surface area contributed by atoms with E-state index < -0.39 is 0 Å². The Morgan fingerprint density at radius 1 is 0.714 bits per heavy atom. The zero-order valence-corrected chi connectivity index (χ0v) is 16.6. The standard InChI is InChI=1S/C20H19N.C7H8/c1-15(16-7-3-2-4-8-16)13-20(21)19-12-11-17-9-5-6-10-18(17)14-19;1-7-5-3-2-4-6-7/h2-12,14-15,21H,13H2,1H3;2-6H,1H3. The molecule has 1 unspecified atom stereocenters. The van der Waals surface area contributed by atoms with Gasteiger partial charge >= 0.3 is 0 Å². The second-order valence-electron chi connectivity index (χ2n) is 7.21. The summed E-state index contributed by atoms with van der Waals surface area (Å²) >= 11 is 0. The van der Waals surface area contributed by atoms with Crippen molar-refractivity contribution >= 4 is 16.5 Å². The average molecular weight is 366 g/mol. The molecule has 1 atom stereocenters. The molecular formula is C27H27N. The molecule has 28 heavy (non-hydrogen) atoms. The summed E-state index contributed by atoms with van der Waals surface area (Å²) in [5.41, 5.74) is 4.35. The summed E-state index contributed by atoms with van der Waals surface area (Å²) < 4.78 is 0. The molecule has 0 aliphatic carbocycles. The maximum atomic E-state index is 8.38. The van der Waals surface area contributed by atoms with Crippen LogP contribution in [-0.2, 0) is 0 Å². The van der Waals surface area contributed by atoms with E-state index in [9.17, 15) is 0 Å². The Kier molecular flexibility index (Phi) is 6.75. The normalized spacial score (nSPS) is 11.4. The van der Waals surface area contributed by atoms with E-state index in [1.54, 1.807) is 0 Å². The first-order valence-corrected chi connectivity index (χ1v) is 9.76. The molecule has 0 amide bonds. The van der Waals surface area contributed by atoms with Crippen LogP contribution in [0.25, 0.3) is 10.8 Å². The van der Waals surface area contributed by atoms with E-state index >= 15 is 0 Å².